The minimum Gasteiger partial charge on any atom is -0.282 e. The number of sulfone groups is 1. The molecular weight excluding hydrogens is 466 g/mol. The van der Waals surface area contributed by atoms with Gasteiger partial charge in [0.1, 0.15) is 0 Å². The third kappa shape index (κ3) is 4.98. The Bertz CT molecular complexity index is 1350. The number of nitrogens with zero attached hydrogens (tertiary/aromatic N) is 3. The first-order chi connectivity index (χ1) is 15.3. The van der Waals surface area contributed by atoms with Gasteiger partial charge >= 0.3 is 0 Å². The Labute approximate surface area is 195 Å². The number of pyridine rings is 1. The van der Waals surface area contributed by atoms with Gasteiger partial charge in [0, 0.05) is 17.6 Å². The molecule has 0 saturated carbocycles. The Hall–Kier alpha value is -2.81. The minimum atomic E-state index is -3.63. The second kappa shape index (κ2) is 9.36. The van der Waals surface area contributed by atoms with Crippen molar-refractivity contribution in [2.24, 2.45) is 0 Å². The third-order valence-electron chi connectivity index (χ3n) is 4.95. The molecule has 2 aromatic carbocycles. The number of para-hydroxylation sites is 1. The number of hydrogen-bond donors (Lipinski definition) is 0. The fraction of sp³-hybridized carbons (Fsp3) is 0.174. The predicted molar refractivity (Wildman–Crippen MR) is 128 cm³/mol. The number of carbonyl (C=O) groups is 1. The molecule has 0 radical (unpaired) electrons. The van der Waals surface area contributed by atoms with E-state index in [0.29, 0.717) is 15.8 Å². The van der Waals surface area contributed by atoms with Gasteiger partial charge < -0.3 is 0 Å². The molecule has 2 heterocycles. The van der Waals surface area contributed by atoms with Crippen molar-refractivity contribution in [3.05, 3.63) is 83.1 Å². The summed E-state index contributed by atoms with van der Waals surface area (Å²) in [5, 5.41) is 0.974. The summed E-state index contributed by atoms with van der Waals surface area (Å²) in [6, 6.07) is 17.3. The van der Waals surface area contributed by atoms with E-state index >= 15 is 0 Å². The van der Waals surface area contributed by atoms with Crippen LogP contribution in [0.2, 0.25) is 5.02 Å². The van der Waals surface area contributed by atoms with Crippen LogP contribution in [0.25, 0.3) is 10.2 Å². The Balaban J connectivity index is 1.61. The normalized spacial score (nSPS) is 11.6. The predicted octanol–water partition coefficient (Wildman–Crippen LogP) is 5.05. The van der Waals surface area contributed by atoms with E-state index in [1.807, 2.05) is 37.3 Å². The molecule has 1 amide bonds. The lowest BCUT2D eigenvalue weighted by Gasteiger charge is -2.19. The number of halogens is 1. The number of aromatic nitrogens is 2. The molecule has 0 bridgehead atoms. The molecule has 0 aliphatic rings. The number of anilines is 1. The molecular formula is C23H20ClN3O3S2. The van der Waals surface area contributed by atoms with Crippen molar-refractivity contribution in [2.45, 2.75) is 24.8 Å². The quantitative estimate of drug-likeness (QED) is 0.366. The molecule has 0 aliphatic carbocycles. The summed E-state index contributed by atoms with van der Waals surface area (Å²) in [6.45, 7) is 2.18. The maximum Gasteiger partial charge on any atom is 0.230 e. The lowest BCUT2D eigenvalue weighted by atomic mass is 10.2. The molecule has 4 aromatic rings. The van der Waals surface area contributed by atoms with Crippen LogP contribution in [0.3, 0.4) is 0 Å². The summed E-state index contributed by atoms with van der Waals surface area (Å²) in [5.74, 6) is -0.638. The minimum absolute atomic E-state index is 0.140. The number of benzene rings is 2. The zero-order chi connectivity index (χ0) is 22.7. The van der Waals surface area contributed by atoms with Gasteiger partial charge in [-0.05, 0) is 55.0 Å². The summed E-state index contributed by atoms with van der Waals surface area (Å²) in [6.07, 6.45) is 1.48. The number of rotatable bonds is 7. The van der Waals surface area contributed by atoms with E-state index < -0.39 is 9.84 Å². The van der Waals surface area contributed by atoms with Gasteiger partial charge in [-0.25, -0.2) is 13.4 Å². The van der Waals surface area contributed by atoms with Crippen molar-refractivity contribution in [3.8, 4) is 0 Å². The topological polar surface area (TPSA) is 80.2 Å². The molecule has 9 heteroatoms. The van der Waals surface area contributed by atoms with Crippen LogP contribution in [0.1, 0.15) is 17.7 Å². The van der Waals surface area contributed by atoms with Gasteiger partial charge in [-0.1, -0.05) is 41.1 Å². The van der Waals surface area contributed by atoms with Crippen LogP contribution < -0.4 is 4.90 Å². The van der Waals surface area contributed by atoms with Crippen molar-refractivity contribution in [3.63, 3.8) is 0 Å². The van der Waals surface area contributed by atoms with Crippen LogP contribution in [-0.4, -0.2) is 30.0 Å². The van der Waals surface area contributed by atoms with E-state index in [-0.39, 0.29) is 29.5 Å². The number of amides is 1. The fourth-order valence-electron chi connectivity index (χ4n) is 3.22. The molecule has 0 N–H and O–H groups in total. The Morgan fingerprint density at radius 3 is 2.53 bits per heavy atom. The molecule has 32 heavy (non-hydrogen) atoms. The van der Waals surface area contributed by atoms with Gasteiger partial charge in [0.2, 0.25) is 5.91 Å². The number of fused-ring (bicyclic) bond motifs is 1. The van der Waals surface area contributed by atoms with Crippen LogP contribution >= 0.6 is 22.9 Å². The van der Waals surface area contributed by atoms with E-state index in [4.69, 9.17) is 11.6 Å². The van der Waals surface area contributed by atoms with Crippen molar-refractivity contribution >= 4 is 54.0 Å². The SMILES string of the molecule is Cc1cccc2sc(N(Cc3ccccn3)C(=O)CCS(=O)(=O)c3ccc(Cl)cc3)nc12. The first kappa shape index (κ1) is 22.4. The highest BCUT2D eigenvalue weighted by Crippen LogP contribution is 2.32. The van der Waals surface area contributed by atoms with Crippen molar-refractivity contribution in [1.29, 1.82) is 0 Å². The van der Waals surface area contributed by atoms with Crippen LogP contribution in [0, 0.1) is 6.92 Å². The summed E-state index contributed by atoms with van der Waals surface area (Å²) < 4.78 is 26.4. The number of aryl methyl sites for hydroxylation is 1. The van der Waals surface area contributed by atoms with Gasteiger partial charge in [-0.15, -0.1) is 0 Å². The maximum atomic E-state index is 13.2. The first-order valence-electron chi connectivity index (χ1n) is 9.88. The average Bonchev–Trinajstić information content (AvgIpc) is 3.22. The maximum absolute atomic E-state index is 13.2. The van der Waals surface area contributed by atoms with Crippen LogP contribution in [0.4, 0.5) is 5.13 Å². The van der Waals surface area contributed by atoms with Crippen LogP contribution in [0.5, 0.6) is 0 Å². The molecule has 0 saturated heterocycles. The van der Waals surface area contributed by atoms with Crippen LogP contribution in [-0.2, 0) is 21.2 Å². The molecule has 2 aromatic heterocycles. The van der Waals surface area contributed by atoms with E-state index in [1.165, 1.54) is 40.5 Å². The lowest BCUT2D eigenvalue weighted by molar-refractivity contribution is -0.118. The highest BCUT2D eigenvalue weighted by Gasteiger charge is 2.24. The van der Waals surface area contributed by atoms with Gasteiger partial charge in [0.25, 0.3) is 0 Å². The first-order valence-corrected chi connectivity index (χ1v) is 12.7. The van der Waals surface area contributed by atoms with E-state index in [1.54, 1.807) is 12.3 Å². The lowest BCUT2D eigenvalue weighted by Crippen LogP contribution is -2.32. The van der Waals surface area contributed by atoms with Gasteiger partial charge in [0.15, 0.2) is 15.0 Å². The molecule has 164 valence electrons. The van der Waals surface area contributed by atoms with Crippen molar-refractivity contribution in [2.75, 3.05) is 10.7 Å². The zero-order valence-corrected chi connectivity index (χ0v) is 19.6. The van der Waals surface area contributed by atoms with E-state index in [9.17, 15) is 13.2 Å². The van der Waals surface area contributed by atoms with Crippen molar-refractivity contribution < 1.29 is 13.2 Å². The Morgan fingerprint density at radius 1 is 1.06 bits per heavy atom. The summed E-state index contributed by atoms with van der Waals surface area (Å²) in [4.78, 5) is 23.9. The zero-order valence-electron chi connectivity index (χ0n) is 17.2. The molecule has 0 atom stereocenters. The molecule has 0 aliphatic heterocycles. The fourth-order valence-corrected chi connectivity index (χ4v) is 5.64. The summed E-state index contributed by atoms with van der Waals surface area (Å²) in [7, 11) is -3.63. The highest BCUT2D eigenvalue weighted by molar-refractivity contribution is 7.91. The Morgan fingerprint density at radius 2 is 1.84 bits per heavy atom. The van der Waals surface area contributed by atoms with E-state index in [0.717, 1.165) is 15.8 Å². The smallest absolute Gasteiger partial charge is 0.230 e. The standard InChI is InChI=1S/C23H20ClN3O3S2/c1-16-5-4-7-20-22(16)26-23(31-20)27(15-18-6-2-3-13-25-18)21(28)12-14-32(29,30)19-10-8-17(24)9-11-19/h2-11,13H,12,14-15H2,1H3. The Kier molecular flexibility index (Phi) is 6.55. The summed E-state index contributed by atoms with van der Waals surface area (Å²) in [5.41, 5.74) is 2.54. The van der Waals surface area contributed by atoms with Crippen molar-refractivity contribution in [1.82, 2.24) is 9.97 Å². The summed E-state index contributed by atoms with van der Waals surface area (Å²) >= 11 is 7.25. The largest absolute Gasteiger partial charge is 0.282 e. The highest BCUT2D eigenvalue weighted by atomic mass is 35.5. The second-order valence-corrected chi connectivity index (χ2v) is 10.8. The second-order valence-electron chi connectivity index (χ2n) is 7.24. The van der Waals surface area contributed by atoms with Gasteiger partial charge in [-0.2, -0.15) is 0 Å². The van der Waals surface area contributed by atoms with Gasteiger partial charge in [0.05, 0.1) is 33.1 Å². The monoisotopic (exact) mass is 485 g/mol. The number of hydrogen-bond acceptors (Lipinski definition) is 6. The van der Waals surface area contributed by atoms with Gasteiger partial charge in [-0.3, -0.25) is 14.7 Å². The number of thiazole rings is 1. The molecule has 0 spiro atoms. The molecule has 6 nitrogen and oxygen atoms in total. The van der Waals surface area contributed by atoms with E-state index in [2.05, 4.69) is 9.97 Å². The number of carbonyl (C=O) groups excluding carboxylic acids is 1. The third-order valence-corrected chi connectivity index (χ3v) is 7.97. The average molecular weight is 486 g/mol. The molecule has 0 fully saturated rings. The molecule has 0 unspecified atom stereocenters. The molecule has 4 rings (SSSR count). The van der Waals surface area contributed by atoms with Crippen LogP contribution in [0.15, 0.2) is 71.8 Å².